The summed E-state index contributed by atoms with van der Waals surface area (Å²) in [6.07, 6.45) is 0. The van der Waals surface area contributed by atoms with Crippen LogP contribution in [0.4, 0.5) is 11.4 Å². The summed E-state index contributed by atoms with van der Waals surface area (Å²) in [6.45, 7) is 5.98. The Hall–Kier alpha value is -3.61. The molecule has 1 heterocycles. The zero-order valence-corrected chi connectivity index (χ0v) is 17.5. The Kier molecular flexibility index (Phi) is 7.21. The predicted octanol–water partition coefficient (Wildman–Crippen LogP) is 4.02. The third-order valence-electron chi connectivity index (χ3n) is 4.63. The summed E-state index contributed by atoms with van der Waals surface area (Å²) in [5, 5.41) is 10.9. The Morgan fingerprint density at radius 3 is 2.40 bits per heavy atom. The maximum absolute atomic E-state index is 12.3. The fourth-order valence-electron chi connectivity index (χ4n) is 3.01. The van der Waals surface area contributed by atoms with Crippen molar-refractivity contribution in [3.05, 3.63) is 60.7 Å². The number of amides is 1. The van der Waals surface area contributed by atoms with Crippen LogP contribution in [-0.2, 0) is 4.79 Å². The van der Waals surface area contributed by atoms with E-state index in [1.807, 2.05) is 54.6 Å². The van der Waals surface area contributed by atoms with Crippen LogP contribution in [0.5, 0.6) is 11.6 Å². The highest BCUT2D eigenvalue weighted by atomic mass is 16.5. The molecule has 3 aromatic rings. The SMILES string of the molecule is CCN(CC)c1cccc(OCC(=O)Nc2ccc(-c3ccc(OC)nn3)cc2)c1. The highest BCUT2D eigenvalue weighted by Crippen LogP contribution is 2.22. The number of hydrogen-bond donors (Lipinski definition) is 1. The number of rotatable bonds is 9. The molecule has 0 bridgehead atoms. The second kappa shape index (κ2) is 10.2. The molecule has 2 aromatic carbocycles. The van der Waals surface area contributed by atoms with E-state index in [1.54, 1.807) is 13.2 Å². The standard InChI is InChI=1S/C23H26N4O3/c1-4-27(5-2)19-7-6-8-20(15-19)30-16-22(28)24-18-11-9-17(10-12-18)21-13-14-23(29-3)26-25-21/h6-15H,4-5,16H2,1-3H3,(H,24,28). The molecule has 1 amide bonds. The van der Waals surface area contributed by atoms with Gasteiger partial charge in [-0.25, -0.2) is 0 Å². The van der Waals surface area contributed by atoms with Crippen LogP contribution in [0.1, 0.15) is 13.8 Å². The summed E-state index contributed by atoms with van der Waals surface area (Å²) < 4.78 is 10.7. The van der Waals surface area contributed by atoms with Crippen molar-refractivity contribution in [2.45, 2.75) is 13.8 Å². The number of ether oxygens (including phenoxy) is 2. The van der Waals surface area contributed by atoms with Crippen LogP contribution in [0.15, 0.2) is 60.7 Å². The number of carbonyl (C=O) groups is 1. The van der Waals surface area contributed by atoms with Gasteiger partial charge in [0.15, 0.2) is 6.61 Å². The zero-order chi connectivity index (χ0) is 21.3. The maximum atomic E-state index is 12.3. The molecule has 0 fully saturated rings. The van der Waals surface area contributed by atoms with Crippen LogP contribution in [0.2, 0.25) is 0 Å². The molecular formula is C23H26N4O3. The van der Waals surface area contributed by atoms with Crippen molar-refractivity contribution in [2.24, 2.45) is 0 Å². The van der Waals surface area contributed by atoms with Gasteiger partial charge in [0, 0.05) is 42.2 Å². The summed E-state index contributed by atoms with van der Waals surface area (Å²) in [7, 11) is 1.55. The minimum atomic E-state index is -0.222. The number of aromatic nitrogens is 2. The van der Waals surface area contributed by atoms with Crippen LogP contribution in [0.25, 0.3) is 11.3 Å². The molecular weight excluding hydrogens is 380 g/mol. The summed E-state index contributed by atoms with van der Waals surface area (Å²) in [4.78, 5) is 14.5. The van der Waals surface area contributed by atoms with E-state index in [2.05, 4.69) is 34.3 Å². The Morgan fingerprint density at radius 1 is 1.00 bits per heavy atom. The van der Waals surface area contributed by atoms with Crippen LogP contribution in [-0.4, -0.2) is 42.9 Å². The van der Waals surface area contributed by atoms with Crippen molar-refractivity contribution in [1.29, 1.82) is 0 Å². The lowest BCUT2D eigenvalue weighted by Crippen LogP contribution is -2.22. The molecule has 3 rings (SSSR count). The Morgan fingerprint density at radius 2 is 1.77 bits per heavy atom. The number of nitrogens with zero attached hydrogens (tertiary/aromatic N) is 3. The molecule has 0 radical (unpaired) electrons. The lowest BCUT2D eigenvalue weighted by atomic mass is 10.1. The number of anilines is 2. The predicted molar refractivity (Wildman–Crippen MR) is 118 cm³/mol. The molecule has 0 unspecified atom stereocenters. The van der Waals surface area contributed by atoms with Crippen LogP contribution >= 0.6 is 0 Å². The maximum Gasteiger partial charge on any atom is 0.262 e. The molecule has 1 N–H and O–H groups in total. The van der Waals surface area contributed by atoms with E-state index in [0.29, 0.717) is 17.3 Å². The largest absolute Gasteiger partial charge is 0.484 e. The summed E-state index contributed by atoms with van der Waals surface area (Å²) in [6, 6.07) is 18.7. The van der Waals surface area contributed by atoms with Crippen LogP contribution in [0, 0.1) is 0 Å². The van der Waals surface area contributed by atoms with E-state index < -0.39 is 0 Å². The molecule has 0 aliphatic heterocycles. The van der Waals surface area contributed by atoms with Gasteiger partial charge in [0.25, 0.3) is 5.91 Å². The summed E-state index contributed by atoms with van der Waals surface area (Å²) in [5.74, 6) is 0.911. The van der Waals surface area contributed by atoms with Crippen molar-refractivity contribution in [3.63, 3.8) is 0 Å². The van der Waals surface area contributed by atoms with E-state index >= 15 is 0 Å². The first-order valence-electron chi connectivity index (χ1n) is 9.88. The lowest BCUT2D eigenvalue weighted by Gasteiger charge is -2.21. The average molecular weight is 406 g/mol. The minimum Gasteiger partial charge on any atom is -0.484 e. The highest BCUT2D eigenvalue weighted by Gasteiger charge is 2.07. The Labute approximate surface area is 176 Å². The van der Waals surface area contributed by atoms with Crippen LogP contribution in [0.3, 0.4) is 0 Å². The fourth-order valence-corrected chi connectivity index (χ4v) is 3.01. The third-order valence-corrected chi connectivity index (χ3v) is 4.63. The molecule has 7 heteroatoms. The van der Waals surface area contributed by atoms with Gasteiger partial charge in [-0.15, -0.1) is 10.2 Å². The topological polar surface area (TPSA) is 76.6 Å². The lowest BCUT2D eigenvalue weighted by molar-refractivity contribution is -0.118. The van der Waals surface area contributed by atoms with Gasteiger partial charge in [-0.1, -0.05) is 18.2 Å². The first-order chi connectivity index (χ1) is 14.6. The second-order valence-electron chi connectivity index (χ2n) is 6.54. The van der Waals surface area contributed by atoms with Crippen molar-refractivity contribution in [3.8, 4) is 22.9 Å². The third kappa shape index (κ3) is 5.47. The number of methoxy groups -OCH3 is 1. The number of carbonyl (C=O) groups excluding carboxylic acids is 1. The van der Waals surface area contributed by atoms with E-state index in [0.717, 1.165) is 30.0 Å². The zero-order valence-electron chi connectivity index (χ0n) is 17.5. The molecule has 0 spiro atoms. The molecule has 7 nitrogen and oxygen atoms in total. The average Bonchev–Trinajstić information content (AvgIpc) is 2.79. The molecule has 30 heavy (non-hydrogen) atoms. The highest BCUT2D eigenvalue weighted by molar-refractivity contribution is 5.92. The van der Waals surface area contributed by atoms with Crippen LogP contribution < -0.4 is 19.7 Å². The van der Waals surface area contributed by atoms with Crippen molar-refractivity contribution >= 4 is 17.3 Å². The van der Waals surface area contributed by atoms with Gasteiger partial charge < -0.3 is 19.7 Å². The van der Waals surface area contributed by atoms with Gasteiger partial charge in [0.1, 0.15) is 5.75 Å². The van der Waals surface area contributed by atoms with Gasteiger partial charge >= 0.3 is 0 Å². The second-order valence-corrected chi connectivity index (χ2v) is 6.54. The molecule has 0 atom stereocenters. The van der Waals surface area contributed by atoms with Gasteiger partial charge in [-0.2, -0.15) is 0 Å². The molecule has 0 saturated carbocycles. The van der Waals surface area contributed by atoms with Crippen molar-refractivity contribution < 1.29 is 14.3 Å². The molecule has 1 aromatic heterocycles. The van der Waals surface area contributed by atoms with Gasteiger partial charge in [0.2, 0.25) is 5.88 Å². The van der Waals surface area contributed by atoms with Crippen molar-refractivity contribution in [2.75, 3.05) is 37.0 Å². The van der Waals surface area contributed by atoms with E-state index in [9.17, 15) is 4.79 Å². The Balaban J connectivity index is 1.55. The normalized spacial score (nSPS) is 10.4. The van der Waals surface area contributed by atoms with E-state index in [1.165, 1.54) is 0 Å². The summed E-state index contributed by atoms with van der Waals surface area (Å²) >= 11 is 0. The first kappa shape index (κ1) is 21.1. The minimum absolute atomic E-state index is 0.0621. The number of hydrogen-bond acceptors (Lipinski definition) is 6. The Bertz CT molecular complexity index is 955. The van der Waals surface area contributed by atoms with E-state index in [4.69, 9.17) is 9.47 Å². The van der Waals surface area contributed by atoms with Crippen molar-refractivity contribution in [1.82, 2.24) is 10.2 Å². The van der Waals surface area contributed by atoms with Gasteiger partial charge in [-0.05, 0) is 44.2 Å². The monoisotopic (exact) mass is 406 g/mol. The molecule has 0 saturated heterocycles. The molecule has 156 valence electrons. The fraction of sp³-hybridized carbons (Fsp3) is 0.261. The van der Waals surface area contributed by atoms with E-state index in [-0.39, 0.29) is 12.5 Å². The quantitative estimate of drug-likeness (QED) is 0.578. The molecule has 0 aliphatic carbocycles. The summed E-state index contributed by atoms with van der Waals surface area (Å²) in [5.41, 5.74) is 3.39. The van der Waals surface area contributed by atoms with Gasteiger partial charge in [0.05, 0.1) is 12.8 Å². The van der Waals surface area contributed by atoms with Gasteiger partial charge in [-0.3, -0.25) is 4.79 Å². The number of benzene rings is 2. The first-order valence-corrected chi connectivity index (χ1v) is 9.88. The molecule has 0 aliphatic rings. The smallest absolute Gasteiger partial charge is 0.262 e. The number of nitrogens with one attached hydrogen (secondary N) is 1.